The number of benzene rings is 5. The van der Waals surface area contributed by atoms with Crippen molar-refractivity contribution in [3.8, 4) is 22.3 Å². The Morgan fingerprint density at radius 1 is 0.407 bits per heavy atom. The van der Waals surface area contributed by atoms with E-state index in [-0.39, 0.29) is 0 Å². The van der Waals surface area contributed by atoms with Crippen LogP contribution in [0, 0.1) is 0 Å². The van der Waals surface area contributed by atoms with Crippen LogP contribution in [-0.2, 0) is 0 Å². The van der Waals surface area contributed by atoms with Crippen molar-refractivity contribution in [2.45, 2.75) is 0 Å². The van der Waals surface area contributed by atoms with Gasteiger partial charge in [-0.3, -0.25) is 0 Å². The topological polar surface area (TPSA) is 0 Å². The van der Waals surface area contributed by atoms with Gasteiger partial charge in [-0.15, -0.1) is 0 Å². The molecule has 0 fully saturated rings. The van der Waals surface area contributed by atoms with E-state index in [1.807, 2.05) is 6.07 Å². The SMILES string of the molecule is [B]c1ccc2c(-c3ccccc3)c3ccccc3c(-c3ccccc3)c2c1. The van der Waals surface area contributed by atoms with Gasteiger partial charge < -0.3 is 0 Å². The third-order valence-electron chi connectivity index (χ3n) is 5.17. The third-order valence-corrected chi connectivity index (χ3v) is 5.17. The largest absolute Gasteiger partial charge is 0.113 e. The zero-order valence-electron chi connectivity index (χ0n) is 14.9. The molecule has 1 heteroatoms. The summed E-state index contributed by atoms with van der Waals surface area (Å²) in [6, 6.07) is 36.1. The summed E-state index contributed by atoms with van der Waals surface area (Å²) >= 11 is 0. The lowest BCUT2D eigenvalue weighted by Crippen LogP contribution is -2.01. The Labute approximate surface area is 160 Å². The van der Waals surface area contributed by atoms with Crippen molar-refractivity contribution < 1.29 is 0 Å². The van der Waals surface area contributed by atoms with E-state index in [0.29, 0.717) is 0 Å². The van der Waals surface area contributed by atoms with E-state index >= 15 is 0 Å². The summed E-state index contributed by atoms with van der Waals surface area (Å²) < 4.78 is 0. The Bertz CT molecular complexity index is 1260. The standard InChI is InChI=1S/C26H17B/c27-20-15-16-23-24(17-20)26(19-11-5-2-6-12-19)22-14-8-7-13-21(22)25(23)18-9-3-1-4-10-18/h1-17H. The van der Waals surface area contributed by atoms with Crippen LogP contribution >= 0.6 is 0 Å². The van der Waals surface area contributed by atoms with E-state index in [0.717, 1.165) is 5.46 Å². The van der Waals surface area contributed by atoms with E-state index in [2.05, 4.69) is 97.1 Å². The number of fused-ring (bicyclic) bond motifs is 2. The van der Waals surface area contributed by atoms with Gasteiger partial charge in [0.2, 0.25) is 0 Å². The molecule has 0 atom stereocenters. The lowest BCUT2D eigenvalue weighted by molar-refractivity contribution is 1.65. The fourth-order valence-corrected chi connectivity index (χ4v) is 4.03. The lowest BCUT2D eigenvalue weighted by Gasteiger charge is -2.18. The Morgan fingerprint density at radius 2 is 0.852 bits per heavy atom. The highest BCUT2D eigenvalue weighted by molar-refractivity contribution is 6.34. The minimum Gasteiger partial charge on any atom is -0.0960 e. The molecule has 0 N–H and O–H groups in total. The second-order valence-corrected chi connectivity index (χ2v) is 6.83. The fourth-order valence-electron chi connectivity index (χ4n) is 4.03. The van der Waals surface area contributed by atoms with Crippen molar-refractivity contribution in [2.24, 2.45) is 0 Å². The van der Waals surface area contributed by atoms with Crippen LogP contribution in [0.25, 0.3) is 43.8 Å². The van der Waals surface area contributed by atoms with Gasteiger partial charge in [-0.1, -0.05) is 109 Å². The average Bonchev–Trinajstić information content (AvgIpc) is 2.73. The van der Waals surface area contributed by atoms with Gasteiger partial charge in [-0.25, -0.2) is 0 Å². The molecule has 2 radical (unpaired) electrons. The fraction of sp³-hybridized carbons (Fsp3) is 0. The highest BCUT2D eigenvalue weighted by Gasteiger charge is 2.16. The summed E-state index contributed by atoms with van der Waals surface area (Å²) in [5.74, 6) is 0. The van der Waals surface area contributed by atoms with Gasteiger partial charge >= 0.3 is 0 Å². The van der Waals surface area contributed by atoms with E-state index in [9.17, 15) is 0 Å². The minimum absolute atomic E-state index is 0.786. The lowest BCUT2D eigenvalue weighted by atomic mass is 9.83. The summed E-state index contributed by atoms with van der Waals surface area (Å²) in [6.07, 6.45) is 0. The first-order valence-corrected chi connectivity index (χ1v) is 9.18. The molecular weight excluding hydrogens is 323 g/mol. The maximum atomic E-state index is 6.20. The number of hydrogen-bond donors (Lipinski definition) is 0. The monoisotopic (exact) mass is 340 g/mol. The normalized spacial score (nSPS) is 11.1. The summed E-state index contributed by atoms with van der Waals surface area (Å²) in [4.78, 5) is 0. The molecule has 0 aromatic heterocycles. The first kappa shape index (κ1) is 15.9. The molecular formula is C26H17B. The highest BCUT2D eigenvalue weighted by Crippen LogP contribution is 2.42. The van der Waals surface area contributed by atoms with Gasteiger partial charge in [0.05, 0.1) is 0 Å². The van der Waals surface area contributed by atoms with Crippen LogP contribution in [0.5, 0.6) is 0 Å². The molecule has 0 spiro atoms. The van der Waals surface area contributed by atoms with Gasteiger partial charge in [-0.05, 0) is 43.8 Å². The molecule has 0 bridgehead atoms. The zero-order chi connectivity index (χ0) is 18.2. The Morgan fingerprint density at radius 3 is 1.41 bits per heavy atom. The molecule has 0 aliphatic heterocycles. The first-order chi connectivity index (χ1) is 13.3. The average molecular weight is 340 g/mol. The predicted molar refractivity (Wildman–Crippen MR) is 118 cm³/mol. The second-order valence-electron chi connectivity index (χ2n) is 6.83. The van der Waals surface area contributed by atoms with Crippen molar-refractivity contribution in [2.75, 3.05) is 0 Å². The van der Waals surface area contributed by atoms with Gasteiger partial charge in [0.1, 0.15) is 7.85 Å². The quantitative estimate of drug-likeness (QED) is 0.268. The summed E-state index contributed by atoms with van der Waals surface area (Å²) in [6.45, 7) is 0. The Hall–Kier alpha value is -3.32. The van der Waals surface area contributed by atoms with E-state index < -0.39 is 0 Å². The molecule has 0 unspecified atom stereocenters. The van der Waals surface area contributed by atoms with E-state index in [4.69, 9.17) is 7.85 Å². The van der Waals surface area contributed by atoms with Crippen LogP contribution in [0.4, 0.5) is 0 Å². The second kappa shape index (κ2) is 6.44. The summed E-state index contributed by atoms with van der Waals surface area (Å²) in [5.41, 5.74) is 5.73. The van der Waals surface area contributed by atoms with E-state index in [1.54, 1.807) is 0 Å². The smallest absolute Gasteiger partial charge is 0.0960 e. The summed E-state index contributed by atoms with van der Waals surface area (Å²) in [5, 5.41) is 4.94. The third kappa shape index (κ3) is 2.64. The zero-order valence-corrected chi connectivity index (χ0v) is 14.9. The number of rotatable bonds is 2. The maximum Gasteiger partial charge on any atom is 0.113 e. The molecule has 0 saturated carbocycles. The van der Waals surface area contributed by atoms with Gasteiger partial charge in [-0.2, -0.15) is 0 Å². The van der Waals surface area contributed by atoms with Crippen molar-refractivity contribution >= 4 is 34.9 Å². The molecule has 5 rings (SSSR count). The van der Waals surface area contributed by atoms with E-state index in [1.165, 1.54) is 43.8 Å². The molecule has 27 heavy (non-hydrogen) atoms. The van der Waals surface area contributed by atoms with Crippen LogP contribution in [0.1, 0.15) is 0 Å². The Kier molecular flexibility index (Phi) is 3.80. The van der Waals surface area contributed by atoms with Crippen molar-refractivity contribution in [3.05, 3.63) is 103 Å². The molecule has 0 aliphatic carbocycles. The van der Waals surface area contributed by atoms with Gasteiger partial charge in [0.15, 0.2) is 0 Å². The highest BCUT2D eigenvalue weighted by atomic mass is 14.2. The molecule has 5 aromatic carbocycles. The van der Waals surface area contributed by atoms with Crippen molar-refractivity contribution in [3.63, 3.8) is 0 Å². The predicted octanol–water partition coefficient (Wildman–Crippen LogP) is 6.12. The van der Waals surface area contributed by atoms with Gasteiger partial charge in [0.25, 0.3) is 0 Å². The van der Waals surface area contributed by atoms with Crippen LogP contribution in [0.2, 0.25) is 0 Å². The van der Waals surface area contributed by atoms with Crippen molar-refractivity contribution in [1.29, 1.82) is 0 Å². The molecule has 5 aromatic rings. The molecule has 0 aliphatic rings. The number of hydrogen-bond acceptors (Lipinski definition) is 0. The molecule has 0 heterocycles. The van der Waals surface area contributed by atoms with Crippen molar-refractivity contribution in [1.82, 2.24) is 0 Å². The van der Waals surface area contributed by atoms with Crippen LogP contribution in [-0.4, -0.2) is 7.85 Å². The molecule has 0 nitrogen and oxygen atoms in total. The van der Waals surface area contributed by atoms with Crippen LogP contribution in [0.3, 0.4) is 0 Å². The van der Waals surface area contributed by atoms with Crippen LogP contribution < -0.4 is 5.46 Å². The summed E-state index contributed by atoms with van der Waals surface area (Å²) in [7, 11) is 6.20. The Balaban J connectivity index is 2.04. The molecule has 0 amide bonds. The minimum atomic E-state index is 0.786. The maximum absolute atomic E-state index is 6.20. The first-order valence-electron chi connectivity index (χ1n) is 9.18. The van der Waals surface area contributed by atoms with Crippen LogP contribution in [0.15, 0.2) is 103 Å². The molecule has 0 saturated heterocycles. The molecule has 124 valence electrons. The van der Waals surface area contributed by atoms with Gasteiger partial charge in [0, 0.05) is 0 Å².